The van der Waals surface area contributed by atoms with Crippen LogP contribution in [0, 0.1) is 0 Å². The van der Waals surface area contributed by atoms with E-state index in [1.807, 2.05) is 32.0 Å². The summed E-state index contributed by atoms with van der Waals surface area (Å²) in [6.45, 7) is 7.23. The largest absolute Gasteiger partial charge is 0.379 e. The molecule has 2 rings (SSSR count). The highest BCUT2D eigenvalue weighted by molar-refractivity contribution is 5.87. The monoisotopic (exact) mass is 261 g/mol. The van der Waals surface area contributed by atoms with E-state index in [4.69, 9.17) is 4.74 Å². The van der Waals surface area contributed by atoms with Gasteiger partial charge in [0.05, 0.1) is 18.8 Å². The van der Waals surface area contributed by atoms with Crippen LogP contribution in [0.3, 0.4) is 0 Å². The van der Waals surface area contributed by atoms with Crippen molar-refractivity contribution in [3.63, 3.8) is 0 Å². The molecule has 0 aliphatic carbocycles. The van der Waals surface area contributed by atoms with Crippen molar-refractivity contribution in [2.45, 2.75) is 32.2 Å². The topological polar surface area (TPSA) is 29.5 Å². The molecule has 0 spiro atoms. The molecule has 0 aromatic heterocycles. The van der Waals surface area contributed by atoms with E-state index in [1.54, 1.807) is 0 Å². The number of benzene rings is 1. The zero-order valence-corrected chi connectivity index (χ0v) is 11.9. The van der Waals surface area contributed by atoms with Crippen molar-refractivity contribution in [1.82, 2.24) is 4.90 Å². The molecule has 0 N–H and O–H groups in total. The Hall–Kier alpha value is -1.19. The van der Waals surface area contributed by atoms with E-state index in [0.29, 0.717) is 12.2 Å². The fraction of sp³-hybridized carbons (Fsp3) is 0.562. The normalized spacial score (nSPS) is 17.4. The highest BCUT2D eigenvalue weighted by Crippen LogP contribution is 2.20. The van der Waals surface area contributed by atoms with Crippen LogP contribution in [0.5, 0.6) is 0 Å². The van der Waals surface area contributed by atoms with E-state index in [1.165, 1.54) is 5.56 Å². The van der Waals surface area contributed by atoms with Crippen molar-refractivity contribution in [3.05, 3.63) is 35.9 Å². The van der Waals surface area contributed by atoms with Gasteiger partial charge in [0, 0.05) is 19.5 Å². The lowest BCUT2D eigenvalue weighted by Crippen LogP contribution is -2.54. The maximum Gasteiger partial charge on any atom is 0.152 e. The molecule has 104 valence electrons. The molecule has 1 aliphatic heterocycles. The summed E-state index contributed by atoms with van der Waals surface area (Å²) >= 11 is 0. The number of hydrogen-bond donors (Lipinski definition) is 0. The summed E-state index contributed by atoms with van der Waals surface area (Å²) in [6, 6.07) is 10.2. The zero-order chi connectivity index (χ0) is 13.7. The predicted octanol–water partition coefficient (Wildman–Crippen LogP) is 2.30. The van der Waals surface area contributed by atoms with Gasteiger partial charge in [-0.3, -0.25) is 9.69 Å². The van der Waals surface area contributed by atoms with Gasteiger partial charge in [0.1, 0.15) is 0 Å². The van der Waals surface area contributed by atoms with Gasteiger partial charge < -0.3 is 4.74 Å². The average molecular weight is 261 g/mol. The Balaban J connectivity index is 1.90. The van der Waals surface area contributed by atoms with Crippen LogP contribution in [0.4, 0.5) is 0 Å². The zero-order valence-electron chi connectivity index (χ0n) is 11.9. The van der Waals surface area contributed by atoms with Crippen LogP contribution in [0.25, 0.3) is 0 Å². The first kappa shape index (κ1) is 14.2. The summed E-state index contributed by atoms with van der Waals surface area (Å²) in [5.41, 5.74) is 0.854. The molecule has 3 nitrogen and oxygen atoms in total. The molecule has 19 heavy (non-hydrogen) atoms. The van der Waals surface area contributed by atoms with Gasteiger partial charge in [0.15, 0.2) is 5.78 Å². The van der Waals surface area contributed by atoms with Crippen LogP contribution in [0.1, 0.15) is 25.8 Å². The predicted molar refractivity (Wildman–Crippen MR) is 76.2 cm³/mol. The van der Waals surface area contributed by atoms with Crippen molar-refractivity contribution < 1.29 is 9.53 Å². The van der Waals surface area contributed by atoms with Crippen LogP contribution < -0.4 is 0 Å². The quantitative estimate of drug-likeness (QED) is 0.814. The summed E-state index contributed by atoms with van der Waals surface area (Å²) in [4.78, 5) is 14.7. The lowest BCUT2D eigenvalue weighted by molar-refractivity contribution is -0.132. The molecular formula is C16H23NO2. The van der Waals surface area contributed by atoms with Gasteiger partial charge in [-0.05, 0) is 25.8 Å². The second-order valence-corrected chi connectivity index (χ2v) is 5.57. The summed E-state index contributed by atoms with van der Waals surface area (Å²) in [5.74, 6) is 0.318. The maximum absolute atomic E-state index is 12.5. The Morgan fingerprint density at radius 1 is 1.21 bits per heavy atom. The molecule has 0 unspecified atom stereocenters. The van der Waals surface area contributed by atoms with Crippen molar-refractivity contribution >= 4 is 5.78 Å². The van der Waals surface area contributed by atoms with E-state index in [0.717, 1.165) is 32.7 Å². The van der Waals surface area contributed by atoms with Crippen LogP contribution in [-0.4, -0.2) is 42.5 Å². The number of hydrogen-bond acceptors (Lipinski definition) is 3. The minimum atomic E-state index is -0.376. The fourth-order valence-electron chi connectivity index (χ4n) is 2.51. The van der Waals surface area contributed by atoms with Gasteiger partial charge in [-0.1, -0.05) is 30.3 Å². The van der Waals surface area contributed by atoms with Gasteiger partial charge >= 0.3 is 0 Å². The summed E-state index contributed by atoms with van der Waals surface area (Å²) in [6.07, 6.45) is 1.43. The number of ether oxygens (including phenoxy) is 1. The van der Waals surface area contributed by atoms with Gasteiger partial charge in [0.2, 0.25) is 0 Å². The van der Waals surface area contributed by atoms with Crippen LogP contribution >= 0.6 is 0 Å². The number of ketones is 1. The van der Waals surface area contributed by atoms with E-state index in [2.05, 4.69) is 17.0 Å². The van der Waals surface area contributed by atoms with E-state index >= 15 is 0 Å². The number of rotatable bonds is 5. The van der Waals surface area contributed by atoms with Gasteiger partial charge in [0.25, 0.3) is 0 Å². The number of Topliss-reactive ketones (excluding diaryl/α,β-unsaturated/α-hetero) is 1. The molecule has 1 aromatic carbocycles. The van der Waals surface area contributed by atoms with Gasteiger partial charge in [-0.25, -0.2) is 0 Å². The second kappa shape index (κ2) is 6.31. The molecule has 1 aliphatic rings. The molecule has 1 aromatic rings. The van der Waals surface area contributed by atoms with Crippen LogP contribution in [-0.2, 0) is 16.0 Å². The minimum Gasteiger partial charge on any atom is -0.379 e. The number of morpholine rings is 1. The lowest BCUT2D eigenvalue weighted by Gasteiger charge is -2.39. The van der Waals surface area contributed by atoms with E-state index < -0.39 is 0 Å². The smallest absolute Gasteiger partial charge is 0.152 e. The van der Waals surface area contributed by atoms with E-state index in [9.17, 15) is 4.79 Å². The maximum atomic E-state index is 12.5. The van der Waals surface area contributed by atoms with Crippen molar-refractivity contribution in [2.24, 2.45) is 0 Å². The summed E-state index contributed by atoms with van der Waals surface area (Å²) < 4.78 is 5.35. The van der Waals surface area contributed by atoms with Gasteiger partial charge in [-0.15, -0.1) is 0 Å². The molecular weight excluding hydrogens is 238 g/mol. The SMILES string of the molecule is CC(C)(C(=O)CCc1ccccc1)N1CCOCC1. The lowest BCUT2D eigenvalue weighted by atomic mass is 9.91. The van der Waals surface area contributed by atoms with Gasteiger partial charge in [-0.2, -0.15) is 0 Å². The molecule has 0 amide bonds. The first-order valence-electron chi connectivity index (χ1n) is 7.01. The minimum absolute atomic E-state index is 0.318. The third kappa shape index (κ3) is 3.64. The fourth-order valence-corrected chi connectivity index (χ4v) is 2.51. The number of aryl methyl sites for hydroxylation is 1. The Labute approximate surface area is 115 Å². The van der Waals surface area contributed by atoms with Crippen molar-refractivity contribution in [3.8, 4) is 0 Å². The highest BCUT2D eigenvalue weighted by Gasteiger charge is 2.34. The standard InChI is InChI=1S/C16H23NO2/c1-16(2,17-10-12-19-13-11-17)15(18)9-8-14-6-4-3-5-7-14/h3-7H,8-13H2,1-2H3. The number of nitrogens with zero attached hydrogens (tertiary/aromatic N) is 1. The third-order valence-electron chi connectivity index (χ3n) is 3.97. The molecule has 0 saturated carbocycles. The second-order valence-electron chi connectivity index (χ2n) is 5.57. The van der Waals surface area contributed by atoms with Crippen molar-refractivity contribution in [2.75, 3.05) is 26.3 Å². The Kier molecular flexibility index (Phi) is 4.72. The Morgan fingerprint density at radius 3 is 2.47 bits per heavy atom. The summed E-state index contributed by atoms with van der Waals surface area (Å²) in [7, 11) is 0. The number of carbonyl (C=O) groups excluding carboxylic acids is 1. The molecule has 1 heterocycles. The molecule has 1 fully saturated rings. The first-order valence-corrected chi connectivity index (χ1v) is 7.01. The molecule has 0 atom stereocenters. The van der Waals surface area contributed by atoms with E-state index in [-0.39, 0.29) is 5.54 Å². The highest BCUT2D eigenvalue weighted by atomic mass is 16.5. The Morgan fingerprint density at radius 2 is 1.84 bits per heavy atom. The molecule has 1 saturated heterocycles. The van der Waals surface area contributed by atoms with Crippen LogP contribution in [0.2, 0.25) is 0 Å². The first-order chi connectivity index (χ1) is 9.10. The van der Waals surface area contributed by atoms with Crippen LogP contribution in [0.15, 0.2) is 30.3 Å². The molecule has 3 heteroatoms. The molecule has 0 radical (unpaired) electrons. The third-order valence-corrected chi connectivity index (χ3v) is 3.97. The Bertz CT molecular complexity index is 408. The average Bonchev–Trinajstić information content (AvgIpc) is 2.46. The summed E-state index contributed by atoms with van der Waals surface area (Å²) in [5, 5.41) is 0. The molecule has 0 bridgehead atoms. The number of carbonyl (C=O) groups is 1. The van der Waals surface area contributed by atoms with Crippen molar-refractivity contribution in [1.29, 1.82) is 0 Å².